The number of fused-ring (bicyclic) bond motifs is 1. The Kier molecular flexibility index (Phi) is 7.57. The highest BCUT2D eigenvalue weighted by molar-refractivity contribution is 5.58. The lowest BCUT2D eigenvalue weighted by atomic mass is 9.85. The van der Waals surface area contributed by atoms with Crippen LogP contribution < -0.4 is 5.73 Å². The van der Waals surface area contributed by atoms with Crippen LogP contribution in [0.1, 0.15) is 51.3 Å². The van der Waals surface area contributed by atoms with Crippen molar-refractivity contribution in [2.24, 2.45) is 11.1 Å². The number of nitrogens with two attached hydrogens (primary N) is 1. The Morgan fingerprint density at radius 2 is 1.43 bits per heavy atom. The average molecular weight is 500 g/mol. The molecule has 0 radical (unpaired) electrons. The fraction of sp³-hybridized carbons (Fsp3) is 0.438. The minimum Gasteiger partial charge on any atom is -0.466 e. The van der Waals surface area contributed by atoms with Crippen molar-refractivity contribution in [3.8, 4) is 0 Å². The molecule has 5 nitrogen and oxygen atoms in total. The van der Waals surface area contributed by atoms with Gasteiger partial charge in [-0.25, -0.2) is 0 Å². The lowest BCUT2D eigenvalue weighted by Crippen LogP contribution is -2.50. The van der Waals surface area contributed by atoms with E-state index in [9.17, 15) is 0 Å². The average Bonchev–Trinajstić information content (AvgIpc) is 3.18. The predicted molar refractivity (Wildman–Crippen MR) is 150 cm³/mol. The molecule has 1 unspecified atom stereocenters. The molecule has 37 heavy (non-hydrogen) atoms. The van der Waals surface area contributed by atoms with E-state index >= 15 is 0 Å². The SMILES string of the molecule is CC1=C(C)C2=C(N)C(C)(CN3CCN(CCOC(c4ccccc4)c4ccccc4)CC3)CC2=C(C)O1. The maximum absolute atomic E-state index is 6.82. The van der Waals surface area contributed by atoms with Crippen LogP contribution in [0.5, 0.6) is 0 Å². The summed E-state index contributed by atoms with van der Waals surface area (Å²) >= 11 is 0. The molecule has 0 aromatic heterocycles. The Labute approximate surface area is 222 Å². The molecule has 2 N–H and O–H groups in total. The standard InChI is InChI=1S/C32H41N3O2/c1-23-24(2)37-25(3)28-21-32(4,31(33)29(23)28)22-35-17-15-34(16-18-35)19-20-36-30(26-11-7-5-8-12-26)27-13-9-6-10-14-27/h5-14,30H,15-22,33H2,1-4H3. The van der Waals surface area contributed by atoms with Crippen molar-refractivity contribution in [3.63, 3.8) is 0 Å². The summed E-state index contributed by atoms with van der Waals surface area (Å²) in [6.45, 7) is 15.4. The molecule has 5 heteroatoms. The molecule has 1 saturated heterocycles. The first kappa shape index (κ1) is 25.8. The number of benzene rings is 2. The second-order valence-corrected chi connectivity index (χ2v) is 11.0. The maximum atomic E-state index is 6.82. The third-order valence-electron chi connectivity index (χ3n) is 8.36. The second kappa shape index (κ2) is 10.9. The van der Waals surface area contributed by atoms with E-state index in [0.717, 1.165) is 62.9 Å². The summed E-state index contributed by atoms with van der Waals surface area (Å²) in [7, 11) is 0. The summed E-state index contributed by atoms with van der Waals surface area (Å²) in [4.78, 5) is 5.11. The van der Waals surface area contributed by atoms with Gasteiger partial charge in [0.05, 0.1) is 6.61 Å². The Hall–Kier alpha value is -2.86. The van der Waals surface area contributed by atoms with Gasteiger partial charge in [0, 0.05) is 61.5 Å². The minimum atomic E-state index is -0.0506. The smallest absolute Gasteiger partial charge is 0.108 e. The normalized spacial score (nSPS) is 23.2. The van der Waals surface area contributed by atoms with Crippen LogP contribution in [0, 0.1) is 5.41 Å². The van der Waals surface area contributed by atoms with Gasteiger partial charge in [-0.15, -0.1) is 0 Å². The number of hydrogen-bond acceptors (Lipinski definition) is 5. The first-order valence-corrected chi connectivity index (χ1v) is 13.6. The minimum absolute atomic E-state index is 0.0339. The maximum Gasteiger partial charge on any atom is 0.108 e. The van der Waals surface area contributed by atoms with Crippen LogP contribution in [0.25, 0.3) is 0 Å². The van der Waals surface area contributed by atoms with Crippen LogP contribution >= 0.6 is 0 Å². The van der Waals surface area contributed by atoms with E-state index in [1.165, 1.54) is 27.8 Å². The van der Waals surface area contributed by atoms with Gasteiger partial charge >= 0.3 is 0 Å². The van der Waals surface area contributed by atoms with Crippen molar-refractivity contribution in [2.75, 3.05) is 45.9 Å². The molecule has 0 bridgehead atoms. The van der Waals surface area contributed by atoms with Crippen LogP contribution in [0.2, 0.25) is 0 Å². The Bertz CT molecular complexity index is 1150. The van der Waals surface area contributed by atoms with Gasteiger partial charge in [0.1, 0.15) is 17.6 Å². The number of ether oxygens (including phenoxy) is 2. The highest BCUT2D eigenvalue weighted by Gasteiger charge is 2.43. The molecule has 3 aliphatic rings. The van der Waals surface area contributed by atoms with E-state index in [1.54, 1.807) is 0 Å². The zero-order valence-corrected chi connectivity index (χ0v) is 22.8. The molecule has 0 spiro atoms. The van der Waals surface area contributed by atoms with Crippen molar-refractivity contribution in [1.82, 2.24) is 9.80 Å². The van der Waals surface area contributed by atoms with Crippen LogP contribution in [0.4, 0.5) is 0 Å². The van der Waals surface area contributed by atoms with E-state index in [-0.39, 0.29) is 11.5 Å². The molecular weight excluding hydrogens is 458 g/mol. The van der Waals surface area contributed by atoms with Crippen molar-refractivity contribution >= 4 is 0 Å². The van der Waals surface area contributed by atoms with Gasteiger partial charge in [-0.3, -0.25) is 9.80 Å². The fourth-order valence-corrected chi connectivity index (χ4v) is 6.06. The molecule has 196 valence electrons. The molecule has 2 heterocycles. The second-order valence-electron chi connectivity index (χ2n) is 11.0. The largest absolute Gasteiger partial charge is 0.466 e. The number of piperazine rings is 1. The Morgan fingerprint density at radius 3 is 2.03 bits per heavy atom. The molecule has 0 saturated carbocycles. The van der Waals surface area contributed by atoms with Crippen LogP contribution in [0.3, 0.4) is 0 Å². The first-order valence-electron chi connectivity index (χ1n) is 13.6. The predicted octanol–water partition coefficient (Wildman–Crippen LogP) is 5.63. The molecular formula is C32H41N3O2. The zero-order valence-electron chi connectivity index (χ0n) is 22.8. The van der Waals surface area contributed by atoms with Crippen molar-refractivity contribution < 1.29 is 9.47 Å². The van der Waals surface area contributed by atoms with Crippen LogP contribution in [-0.4, -0.2) is 55.7 Å². The quantitative estimate of drug-likeness (QED) is 0.510. The summed E-state index contributed by atoms with van der Waals surface area (Å²) in [5.74, 6) is 1.99. The van der Waals surface area contributed by atoms with Gasteiger partial charge in [-0.1, -0.05) is 67.6 Å². The third kappa shape index (κ3) is 5.40. The van der Waals surface area contributed by atoms with Gasteiger partial charge in [-0.2, -0.15) is 0 Å². The molecule has 2 aromatic carbocycles. The lowest BCUT2D eigenvalue weighted by Gasteiger charge is -2.39. The molecule has 5 rings (SSSR count). The van der Waals surface area contributed by atoms with E-state index in [4.69, 9.17) is 15.2 Å². The lowest BCUT2D eigenvalue weighted by molar-refractivity contribution is 0.0406. The summed E-state index contributed by atoms with van der Waals surface area (Å²) in [5, 5.41) is 0. The van der Waals surface area contributed by atoms with E-state index in [2.05, 4.69) is 91.2 Å². The summed E-state index contributed by atoms with van der Waals surface area (Å²) in [6.07, 6.45) is 0.924. The van der Waals surface area contributed by atoms with Crippen LogP contribution in [-0.2, 0) is 9.47 Å². The fourth-order valence-electron chi connectivity index (χ4n) is 6.06. The van der Waals surface area contributed by atoms with Crippen molar-refractivity contribution in [2.45, 2.75) is 40.2 Å². The highest BCUT2D eigenvalue weighted by Crippen LogP contribution is 2.50. The third-order valence-corrected chi connectivity index (χ3v) is 8.36. The van der Waals surface area contributed by atoms with Crippen molar-refractivity contribution in [3.05, 3.63) is 106 Å². The molecule has 1 atom stereocenters. The molecule has 0 amide bonds. The van der Waals surface area contributed by atoms with Gasteiger partial charge in [0.2, 0.25) is 0 Å². The van der Waals surface area contributed by atoms with Crippen LogP contribution in [0.15, 0.2) is 94.6 Å². The number of hydrogen-bond donors (Lipinski definition) is 1. The summed E-state index contributed by atoms with van der Waals surface area (Å²) in [6, 6.07) is 21.1. The highest BCUT2D eigenvalue weighted by atomic mass is 16.5. The Morgan fingerprint density at radius 1 is 0.865 bits per heavy atom. The van der Waals surface area contributed by atoms with Gasteiger partial charge in [0.15, 0.2) is 0 Å². The first-order chi connectivity index (χ1) is 17.9. The summed E-state index contributed by atoms with van der Waals surface area (Å²) in [5.41, 5.74) is 13.9. The molecule has 1 fully saturated rings. The molecule has 2 aromatic rings. The van der Waals surface area contributed by atoms with Crippen molar-refractivity contribution in [1.29, 1.82) is 0 Å². The topological polar surface area (TPSA) is 51.0 Å². The number of allylic oxidation sites excluding steroid dienone is 5. The molecule has 1 aliphatic carbocycles. The number of rotatable bonds is 8. The zero-order chi connectivity index (χ0) is 26.0. The van der Waals surface area contributed by atoms with E-state index in [0.29, 0.717) is 6.61 Å². The summed E-state index contributed by atoms with van der Waals surface area (Å²) < 4.78 is 12.5. The van der Waals surface area contributed by atoms with E-state index in [1.807, 2.05) is 6.92 Å². The monoisotopic (exact) mass is 499 g/mol. The molecule has 2 aliphatic heterocycles. The Balaban J connectivity index is 1.15. The van der Waals surface area contributed by atoms with Gasteiger partial charge in [-0.05, 0) is 43.9 Å². The van der Waals surface area contributed by atoms with E-state index < -0.39 is 0 Å². The van der Waals surface area contributed by atoms with Gasteiger partial charge in [0.25, 0.3) is 0 Å². The van der Waals surface area contributed by atoms with Gasteiger partial charge < -0.3 is 15.2 Å². The number of nitrogens with zero attached hydrogens (tertiary/aromatic N) is 2.